The summed E-state index contributed by atoms with van der Waals surface area (Å²) in [5, 5.41) is 19.5. The van der Waals surface area contributed by atoms with Crippen LogP contribution in [0.4, 0.5) is 10.1 Å². The molecule has 0 aliphatic rings. The first kappa shape index (κ1) is 10.6. The van der Waals surface area contributed by atoms with E-state index in [1.165, 1.54) is 22.6 Å². The highest BCUT2D eigenvalue weighted by molar-refractivity contribution is 14.1. The molecule has 0 aliphatic heterocycles. The summed E-state index contributed by atoms with van der Waals surface area (Å²) < 4.78 is 13.0. The molecule has 1 rings (SSSR count). The third-order valence-electron chi connectivity index (χ3n) is 1.31. The van der Waals surface area contributed by atoms with Gasteiger partial charge in [0.15, 0.2) is 0 Å². The van der Waals surface area contributed by atoms with Gasteiger partial charge in [-0.25, -0.2) is 0 Å². The van der Waals surface area contributed by atoms with Gasteiger partial charge in [-0.2, -0.15) is 4.39 Å². The first-order valence-corrected chi connectivity index (χ1v) is 4.83. The Morgan fingerprint density at radius 2 is 2.23 bits per heavy atom. The molecule has 0 heterocycles. The molecule has 1 aromatic rings. The summed E-state index contributed by atoms with van der Waals surface area (Å²) in [6.07, 6.45) is 0. The Bertz CT molecular complexity index is 385. The topological polar surface area (TPSA) is 63.4 Å². The summed E-state index contributed by atoms with van der Waals surface area (Å²) in [6, 6.07) is 0.923. The van der Waals surface area contributed by atoms with E-state index < -0.39 is 16.4 Å². The zero-order valence-electron chi connectivity index (χ0n) is 5.92. The molecule has 0 atom stereocenters. The maximum Gasteiger partial charge on any atom is 0.307 e. The molecule has 4 nitrogen and oxygen atoms in total. The summed E-state index contributed by atoms with van der Waals surface area (Å²) in [4.78, 5) is 9.45. The van der Waals surface area contributed by atoms with Crippen LogP contribution in [0.25, 0.3) is 0 Å². The second-order valence-electron chi connectivity index (χ2n) is 2.11. The number of benzene rings is 1. The number of rotatable bonds is 1. The minimum Gasteiger partial charge on any atom is -0.506 e. The quantitative estimate of drug-likeness (QED) is 0.362. The molecule has 0 aliphatic carbocycles. The van der Waals surface area contributed by atoms with Gasteiger partial charge < -0.3 is 5.11 Å². The third kappa shape index (κ3) is 1.90. The van der Waals surface area contributed by atoms with Gasteiger partial charge in [-0.05, 0) is 38.5 Å². The SMILES string of the molecule is O=[N+]([O-])c1cc(Br)c(O)c(I)c1F. The highest BCUT2D eigenvalue weighted by Crippen LogP contribution is 2.36. The van der Waals surface area contributed by atoms with Crippen LogP contribution in [0.5, 0.6) is 5.75 Å². The van der Waals surface area contributed by atoms with Crippen molar-refractivity contribution >= 4 is 44.2 Å². The number of hydrogen-bond acceptors (Lipinski definition) is 3. The van der Waals surface area contributed by atoms with Crippen molar-refractivity contribution in [3.05, 3.63) is 30.0 Å². The normalized spacial score (nSPS) is 10.1. The molecule has 0 bridgehead atoms. The number of nitrogens with zero attached hydrogens (tertiary/aromatic N) is 1. The highest BCUT2D eigenvalue weighted by atomic mass is 127. The fraction of sp³-hybridized carbons (Fsp3) is 0. The van der Waals surface area contributed by atoms with Crippen molar-refractivity contribution < 1.29 is 14.4 Å². The Labute approximate surface area is 94.2 Å². The average Bonchev–Trinajstić information content (AvgIpc) is 2.07. The van der Waals surface area contributed by atoms with E-state index in [0.29, 0.717) is 0 Å². The van der Waals surface area contributed by atoms with Gasteiger partial charge in [0.05, 0.1) is 13.0 Å². The lowest BCUT2D eigenvalue weighted by Gasteiger charge is -2.01. The van der Waals surface area contributed by atoms with Crippen LogP contribution in [-0.2, 0) is 0 Å². The van der Waals surface area contributed by atoms with E-state index in [1.807, 2.05) is 0 Å². The van der Waals surface area contributed by atoms with Crippen molar-refractivity contribution in [2.75, 3.05) is 0 Å². The number of halogens is 3. The summed E-state index contributed by atoms with van der Waals surface area (Å²) in [5.74, 6) is -1.35. The summed E-state index contributed by atoms with van der Waals surface area (Å²) in [5.41, 5.74) is -0.658. The van der Waals surface area contributed by atoms with Crippen molar-refractivity contribution in [2.45, 2.75) is 0 Å². The van der Waals surface area contributed by atoms with Crippen LogP contribution in [0, 0.1) is 19.5 Å². The molecule has 70 valence electrons. The number of aromatic hydroxyl groups is 1. The van der Waals surface area contributed by atoms with Crippen LogP contribution in [0.3, 0.4) is 0 Å². The van der Waals surface area contributed by atoms with Crippen LogP contribution >= 0.6 is 38.5 Å². The molecular formula is C6H2BrFINO3. The molecule has 0 amide bonds. The van der Waals surface area contributed by atoms with E-state index in [4.69, 9.17) is 0 Å². The molecular weight excluding hydrogens is 360 g/mol. The largest absolute Gasteiger partial charge is 0.506 e. The second kappa shape index (κ2) is 3.74. The molecule has 0 aromatic heterocycles. The highest BCUT2D eigenvalue weighted by Gasteiger charge is 2.22. The Hall–Kier alpha value is -0.440. The smallest absolute Gasteiger partial charge is 0.307 e. The molecule has 0 saturated carbocycles. The monoisotopic (exact) mass is 361 g/mol. The predicted octanol–water partition coefficient (Wildman–Crippen LogP) is 2.81. The Morgan fingerprint density at radius 3 is 2.69 bits per heavy atom. The zero-order valence-corrected chi connectivity index (χ0v) is 9.67. The van der Waals surface area contributed by atoms with Crippen molar-refractivity contribution in [2.24, 2.45) is 0 Å². The van der Waals surface area contributed by atoms with Crippen molar-refractivity contribution in [3.8, 4) is 5.75 Å². The molecule has 13 heavy (non-hydrogen) atoms. The van der Waals surface area contributed by atoms with E-state index in [-0.39, 0.29) is 13.8 Å². The van der Waals surface area contributed by atoms with Gasteiger partial charge in [0.2, 0.25) is 5.82 Å². The average molecular weight is 362 g/mol. The fourth-order valence-corrected chi connectivity index (χ4v) is 2.06. The maximum atomic E-state index is 13.1. The summed E-state index contributed by atoms with van der Waals surface area (Å²) >= 11 is 4.37. The van der Waals surface area contributed by atoms with Crippen molar-refractivity contribution in [3.63, 3.8) is 0 Å². The van der Waals surface area contributed by atoms with Crippen LogP contribution in [0.1, 0.15) is 0 Å². The van der Waals surface area contributed by atoms with E-state index in [9.17, 15) is 19.6 Å². The molecule has 0 saturated heterocycles. The second-order valence-corrected chi connectivity index (χ2v) is 4.04. The van der Waals surface area contributed by atoms with Gasteiger partial charge in [0.25, 0.3) is 0 Å². The molecule has 0 radical (unpaired) electrons. The van der Waals surface area contributed by atoms with Gasteiger partial charge in [0, 0.05) is 6.07 Å². The van der Waals surface area contributed by atoms with Gasteiger partial charge in [-0.3, -0.25) is 10.1 Å². The molecule has 0 fully saturated rings. The van der Waals surface area contributed by atoms with E-state index in [2.05, 4.69) is 15.9 Å². The fourth-order valence-electron chi connectivity index (χ4n) is 0.706. The molecule has 0 spiro atoms. The molecule has 0 unspecified atom stereocenters. The van der Waals surface area contributed by atoms with Gasteiger partial charge in [-0.15, -0.1) is 0 Å². The minimum absolute atomic E-state index is 0.102. The standard InChI is InChI=1S/C6H2BrFINO3/c7-2-1-3(10(12)13)4(8)5(9)6(2)11/h1,11H. The van der Waals surface area contributed by atoms with E-state index >= 15 is 0 Å². The molecule has 7 heteroatoms. The predicted molar refractivity (Wildman–Crippen MR) is 55.1 cm³/mol. The molecule has 1 N–H and O–H groups in total. The Morgan fingerprint density at radius 1 is 1.69 bits per heavy atom. The number of nitro benzene ring substituents is 1. The molecule has 1 aromatic carbocycles. The Balaban J connectivity index is 3.50. The number of phenolic OH excluding ortho intramolecular Hbond substituents is 1. The summed E-state index contributed by atoms with van der Waals surface area (Å²) in [7, 11) is 0. The minimum atomic E-state index is -1.02. The van der Waals surface area contributed by atoms with Crippen LogP contribution in [0.2, 0.25) is 0 Å². The van der Waals surface area contributed by atoms with Crippen LogP contribution in [-0.4, -0.2) is 10.0 Å². The maximum absolute atomic E-state index is 13.1. The van der Waals surface area contributed by atoms with E-state index in [0.717, 1.165) is 6.07 Å². The zero-order chi connectivity index (χ0) is 10.2. The lowest BCUT2D eigenvalue weighted by Crippen LogP contribution is -1.95. The summed E-state index contributed by atoms with van der Waals surface area (Å²) in [6.45, 7) is 0. The van der Waals surface area contributed by atoms with Crippen LogP contribution in [0.15, 0.2) is 10.5 Å². The van der Waals surface area contributed by atoms with E-state index in [1.54, 1.807) is 0 Å². The van der Waals surface area contributed by atoms with Crippen molar-refractivity contribution in [1.82, 2.24) is 0 Å². The Kier molecular flexibility index (Phi) is 3.06. The lowest BCUT2D eigenvalue weighted by atomic mass is 10.3. The van der Waals surface area contributed by atoms with Crippen molar-refractivity contribution in [1.29, 1.82) is 0 Å². The number of hydrogen-bond donors (Lipinski definition) is 1. The van der Waals surface area contributed by atoms with Gasteiger partial charge in [0.1, 0.15) is 5.75 Å². The lowest BCUT2D eigenvalue weighted by molar-refractivity contribution is -0.387. The first-order chi connectivity index (χ1) is 5.95. The first-order valence-electron chi connectivity index (χ1n) is 2.96. The number of phenols is 1. The number of nitro groups is 1. The van der Waals surface area contributed by atoms with Gasteiger partial charge >= 0.3 is 5.69 Å². The van der Waals surface area contributed by atoms with Crippen LogP contribution < -0.4 is 0 Å². The van der Waals surface area contributed by atoms with Gasteiger partial charge in [-0.1, -0.05) is 0 Å². The third-order valence-corrected chi connectivity index (χ3v) is 2.90.